The van der Waals surface area contributed by atoms with Crippen LogP contribution in [0.25, 0.3) is 6.08 Å². The van der Waals surface area contributed by atoms with Gasteiger partial charge in [0.25, 0.3) is 0 Å². The Hall–Kier alpha value is -1.77. The first-order chi connectivity index (χ1) is 10.4. The molecule has 1 aliphatic heterocycles. The Labute approximate surface area is 134 Å². The van der Waals surface area contributed by atoms with E-state index >= 15 is 0 Å². The van der Waals surface area contributed by atoms with Crippen LogP contribution in [-0.2, 0) is 4.74 Å². The molecule has 0 aromatic heterocycles. The van der Waals surface area contributed by atoms with E-state index in [1.807, 2.05) is 43.9 Å². The van der Waals surface area contributed by atoms with Crippen molar-refractivity contribution < 1.29 is 9.53 Å². The van der Waals surface area contributed by atoms with Crippen LogP contribution < -0.4 is 0 Å². The third kappa shape index (κ3) is 4.62. The maximum absolute atomic E-state index is 12.5. The van der Waals surface area contributed by atoms with Gasteiger partial charge in [-0.15, -0.1) is 0 Å². The largest absolute Gasteiger partial charge is 0.444 e. The monoisotopic (exact) mass is 301 g/mol. The van der Waals surface area contributed by atoms with Crippen LogP contribution in [0.4, 0.5) is 4.79 Å². The first-order valence-electron chi connectivity index (χ1n) is 8.11. The highest BCUT2D eigenvalue weighted by Crippen LogP contribution is 2.26. The SMILES string of the molecule is CC1CCCC(/C=C/c2ccccc2)N1C(=O)OC(C)(C)C. The summed E-state index contributed by atoms with van der Waals surface area (Å²) in [5, 5.41) is 0. The lowest BCUT2D eigenvalue weighted by molar-refractivity contribution is 0.00370. The summed E-state index contributed by atoms with van der Waals surface area (Å²) in [4.78, 5) is 14.4. The Balaban J connectivity index is 2.13. The molecule has 0 radical (unpaired) electrons. The van der Waals surface area contributed by atoms with E-state index in [0.717, 1.165) is 24.8 Å². The summed E-state index contributed by atoms with van der Waals surface area (Å²) in [7, 11) is 0. The fourth-order valence-electron chi connectivity index (χ4n) is 2.83. The summed E-state index contributed by atoms with van der Waals surface area (Å²) in [6, 6.07) is 10.5. The highest BCUT2D eigenvalue weighted by Gasteiger charge is 2.33. The number of rotatable bonds is 2. The lowest BCUT2D eigenvalue weighted by Gasteiger charge is -2.40. The summed E-state index contributed by atoms with van der Waals surface area (Å²) in [6.45, 7) is 7.84. The number of ether oxygens (including phenoxy) is 1. The van der Waals surface area contributed by atoms with Crippen molar-refractivity contribution in [1.29, 1.82) is 0 Å². The summed E-state index contributed by atoms with van der Waals surface area (Å²) < 4.78 is 5.58. The number of hydrogen-bond acceptors (Lipinski definition) is 2. The van der Waals surface area contributed by atoms with Gasteiger partial charge in [0.1, 0.15) is 5.60 Å². The molecule has 0 N–H and O–H groups in total. The van der Waals surface area contributed by atoms with Crippen LogP contribution in [0.5, 0.6) is 0 Å². The van der Waals surface area contributed by atoms with Crippen LogP contribution in [-0.4, -0.2) is 28.7 Å². The minimum absolute atomic E-state index is 0.110. The van der Waals surface area contributed by atoms with Crippen molar-refractivity contribution in [1.82, 2.24) is 4.90 Å². The Morgan fingerprint density at radius 1 is 1.23 bits per heavy atom. The molecule has 1 amide bonds. The second-order valence-electron chi connectivity index (χ2n) is 7.00. The lowest BCUT2D eigenvalue weighted by atomic mass is 9.96. The molecule has 0 spiro atoms. The van der Waals surface area contributed by atoms with Crippen molar-refractivity contribution in [3.63, 3.8) is 0 Å². The Bertz CT molecular complexity index is 516. The second-order valence-corrected chi connectivity index (χ2v) is 7.00. The number of piperidine rings is 1. The van der Waals surface area contributed by atoms with Gasteiger partial charge >= 0.3 is 6.09 Å². The minimum Gasteiger partial charge on any atom is -0.444 e. The van der Waals surface area contributed by atoms with E-state index in [4.69, 9.17) is 4.74 Å². The van der Waals surface area contributed by atoms with Crippen molar-refractivity contribution in [3.8, 4) is 0 Å². The van der Waals surface area contributed by atoms with Crippen LogP contribution in [0, 0.1) is 0 Å². The zero-order valence-electron chi connectivity index (χ0n) is 14.1. The average molecular weight is 301 g/mol. The number of nitrogens with zero attached hydrogens (tertiary/aromatic N) is 1. The Morgan fingerprint density at radius 3 is 2.55 bits per heavy atom. The van der Waals surface area contributed by atoms with E-state index in [1.54, 1.807) is 0 Å². The van der Waals surface area contributed by atoms with Crippen molar-refractivity contribution in [2.75, 3.05) is 0 Å². The molecule has 3 nitrogen and oxygen atoms in total. The van der Waals surface area contributed by atoms with Gasteiger partial charge in [0, 0.05) is 6.04 Å². The molecule has 1 aliphatic rings. The third-order valence-electron chi connectivity index (χ3n) is 3.87. The molecule has 1 heterocycles. The highest BCUT2D eigenvalue weighted by atomic mass is 16.6. The zero-order valence-corrected chi connectivity index (χ0v) is 14.1. The van der Waals surface area contributed by atoms with Gasteiger partial charge in [-0.05, 0) is 52.5 Å². The van der Waals surface area contributed by atoms with Gasteiger partial charge in [0.2, 0.25) is 0 Å². The van der Waals surface area contributed by atoms with E-state index in [0.29, 0.717) is 0 Å². The van der Waals surface area contributed by atoms with Crippen LogP contribution in [0.15, 0.2) is 36.4 Å². The summed E-state index contributed by atoms with van der Waals surface area (Å²) in [5.74, 6) is 0. The van der Waals surface area contributed by atoms with E-state index in [9.17, 15) is 4.79 Å². The topological polar surface area (TPSA) is 29.5 Å². The van der Waals surface area contributed by atoms with Gasteiger partial charge in [-0.25, -0.2) is 4.79 Å². The molecule has 1 aromatic rings. The predicted molar refractivity (Wildman–Crippen MR) is 90.7 cm³/mol. The van der Waals surface area contributed by atoms with Crippen LogP contribution in [0.3, 0.4) is 0 Å². The van der Waals surface area contributed by atoms with E-state index in [2.05, 4.69) is 31.2 Å². The molecule has 2 rings (SSSR count). The number of carbonyl (C=O) groups is 1. The quantitative estimate of drug-likeness (QED) is 0.779. The standard InChI is InChI=1S/C19H27NO2/c1-15-9-8-12-17(14-13-16-10-6-5-7-11-16)20(15)18(21)22-19(2,3)4/h5-7,10-11,13-15,17H,8-9,12H2,1-4H3/b14-13+. The average Bonchev–Trinajstić information content (AvgIpc) is 2.44. The second kappa shape index (κ2) is 6.99. The molecule has 2 atom stereocenters. The first-order valence-corrected chi connectivity index (χ1v) is 8.11. The van der Waals surface area contributed by atoms with Gasteiger partial charge in [-0.3, -0.25) is 4.90 Å². The molecule has 1 fully saturated rings. The van der Waals surface area contributed by atoms with Gasteiger partial charge in [-0.1, -0.05) is 42.5 Å². The van der Waals surface area contributed by atoms with Crippen molar-refractivity contribution in [3.05, 3.63) is 42.0 Å². The van der Waals surface area contributed by atoms with E-state index in [1.165, 1.54) is 0 Å². The zero-order chi connectivity index (χ0) is 16.2. The number of carbonyl (C=O) groups excluding carboxylic acids is 1. The van der Waals surface area contributed by atoms with Crippen molar-refractivity contribution in [2.24, 2.45) is 0 Å². The third-order valence-corrected chi connectivity index (χ3v) is 3.87. The predicted octanol–water partition coefficient (Wildman–Crippen LogP) is 4.88. The van der Waals surface area contributed by atoms with Crippen LogP contribution in [0.2, 0.25) is 0 Å². The van der Waals surface area contributed by atoms with Gasteiger partial charge in [-0.2, -0.15) is 0 Å². The van der Waals surface area contributed by atoms with Crippen molar-refractivity contribution in [2.45, 2.75) is 64.6 Å². The highest BCUT2D eigenvalue weighted by molar-refractivity contribution is 5.70. The molecular weight excluding hydrogens is 274 g/mol. The number of hydrogen-bond donors (Lipinski definition) is 0. The summed E-state index contributed by atoms with van der Waals surface area (Å²) in [6.07, 6.45) is 7.20. The summed E-state index contributed by atoms with van der Waals surface area (Å²) in [5.41, 5.74) is 0.701. The molecule has 0 bridgehead atoms. The molecule has 2 unspecified atom stereocenters. The Kier molecular flexibility index (Phi) is 5.28. The molecular formula is C19H27NO2. The summed E-state index contributed by atoms with van der Waals surface area (Å²) >= 11 is 0. The Morgan fingerprint density at radius 2 is 1.91 bits per heavy atom. The number of amides is 1. The molecule has 22 heavy (non-hydrogen) atoms. The number of likely N-dealkylation sites (tertiary alicyclic amines) is 1. The fraction of sp³-hybridized carbons (Fsp3) is 0.526. The number of benzene rings is 1. The fourth-order valence-corrected chi connectivity index (χ4v) is 2.83. The maximum Gasteiger partial charge on any atom is 0.411 e. The molecule has 3 heteroatoms. The first kappa shape index (κ1) is 16.6. The molecule has 1 saturated heterocycles. The molecule has 0 aliphatic carbocycles. The smallest absolute Gasteiger partial charge is 0.411 e. The molecule has 120 valence electrons. The van der Waals surface area contributed by atoms with Gasteiger partial charge in [0.05, 0.1) is 6.04 Å². The van der Waals surface area contributed by atoms with Gasteiger partial charge in [0.15, 0.2) is 0 Å². The maximum atomic E-state index is 12.5. The lowest BCUT2D eigenvalue weighted by Crippen LogP contribution is -2.49. The van der Waals surface area contributed by atoms with Crippen LogP contribution >= 0.6 is 0 Å². The minimum atomic E-state index is -0.456. The molecule has 0 saturated carbocycles. The van der Waals surface area contributed by atoms with Gasteiger partial charge < -0.3 is 4.74 Å². The van der Waals surface area contributed by atoms with Crippen molar-refractivity contribution >= 4 is 12.2 Å². The van der Waals surface area contributed by atoms with E-state index in [-0.39, 0.29) is 18.2 Å². The molecule has 1 aromatic carbocycles. The van der Waals surface area contributed by atoms with Crippen LogP contribution in [0.1, 0.15) is 52.5 Å². The van der Waals surface area contributed by atoms with E-state index < -0.39 is 5.60 Å². The normalized spacial score (nSPS) is 22.8.